The van der Waals surface area contributed by atoms with Gasteiger partial charge in [0.25, 0.3) is 5.97 Å². The molecule has 1 rings (SSSR count). The van der Waals surface area contributed by atoms with Crippen LogP contribution in [-0.4, -0.2) is 17.0 Å². The molecule has 90 valence electrons. The predicted octanol–water partition coefficient (Wildman–Crippen LogP) is 1.75. The molecule has 0 saturated carbocycles. The van der Waals surface area contributed by atoms with Crippen LogP contribution in [0.5, 0.6) is 0 Å². The molecule has 1 aromatic carbocycles. The Morgan fingerprint density at radius 1 is 1.50 bits per heavy atom. The molecule has 0 spiro atoms. The van der Waals surface area contributed by atoms with E-state index in [1.165, 1.54) is 0 Å². The van der Waals surface area contributed by atoms with Gasteiger partial charge in [0.15, 0.2) is 5.96 Å². The quantitative estimate of drug-likeness (QED) is 0.280. The molecular weight excluding hydrogens is 250 g/mol. The maximum absolute atomic E-state index is 9.00. The number of aliphatic carboxylic acids is 1. The van der Waals surface area contributed by atoms with E-state index < -0.39 is 5.97 Å². The summed E-state index contributed by atoms with van der Waals surface area (Å²) in [5.74, 6) is -0.965. The van der Waals surface area contributed by atoms with Crippen LogP contribution in [0.15, 0.2) is 30.3 Å². The molecule has 0 bridgehead atoms. The third-order valence-electron chi connectivity index (χ3n) is 0.854. The van der Waals surface area contributed by atoms with Gasteiger partial charge in [-0.25, -0.2) is 0 Å². The van der Waals surface area contributed by atoms with E-state index in [4.69, 9.17) is 26.9 Å². The highest BCUT2D eigenvalue weighted by molar-refractivity contribution is 7.78. The van der Waals surface area contributed by atoms with Crippen LogP contribution >= 0.6 is 24.4 Å². The van der Waals surface area contributed by atoms with Gasteiger partial charge in [-0.15, -0.1) is 0 Å². The molecule has 0 fully saturated rings. The molecule has 0 unspecified atom stereocenters. The van der Waals surface area contributed by atoms with E-state index in [-0.39, 0.29) is 5.96 Å². The number of nitrogens with two attached hydrogens (primary N) is 1. The average molecular weight is 264 g/mol. The topological polar surface area (TPSA) is 99.2 Å². The first kappa shape index (κ1) is 17.0. The molecule has 0 heterocycles. The molecule has 0 aliphatic rings. The van der Waals surface area contributed by atoms with Crippen molar-refractivity contribution in [3.8, 4) is 0 Å². The summed E-state index contributed by atoms with van der Waals surface area (Å²) in [4.78, 5) is 9.00. The largest absolute Gasteiger partial charge is 0.481 e. The van der Waals surface area contributed by atoms with Gasteiger partial charge >= 0.3 is 0 Å². The zero-order chi connectivity index (χ0) is 13.0. The van der Waals surface area contributed by atoms with Crippen LogP contribution in [0.4, 0.5) is 0 Å². The van der Waals surface area contributed by atoms with E-state index in [0.717, 1.165) is 11.9 Å². The minimum Gasteiger partial charge on any atom is -0.481 e. The molecule has 0 aliphatic carbocycles. The fourth-order valence-corrected chi connectivity index (χ4v) is 0.560. The Hall–Kier alpha value is -1.40. The van der Waals surface area contributed by atoms with E-state index in [9.17, 15) is 0 Å². The fourth-order valence-electron chi connectivity index (χ4n) is 0.415. The Morgan fingerprint density at radius 3 is 1.94 bits per heavy atom. The lowest BCUT2D eigenvalue weighted by Crippen LogP contribution is -2.21. The molecule has 0 aliphatic heterocycles. The van der Waals surface area contributed by atoms with E-state index in [1.54, 1.807) is 0 Å². The molecule has 0 aromatic heterocycles. The first-order valence-electron chi connectivity index (χ1n) is 4.04. The van der Waals surface area contributed by atoms with Crippen molar-refractivity contribution in [2.45, 2.75) is 6.92 Å². The van der Waals surface area contributed by atoms with Crippen molar-refractivity contribution in [3.63, 3.8) is 0 Å². The second-order valence-corrected chi connectivity index (χ2v) is 3.00. The van der Waals surface area contributed by atoms with Gasteiger partial charge in [0, 0.05) is 11.9 Å². The molecular formula is C9H14ClN3O2S. The van der Waals surface area contributed by atoms with E-state index in [0.29, 0.717) is 0 Å². The number of hydrogen-bond acceptors (Lipinski definition) is 3. The average Bonchev–Trinajstić information content (AvgIpc) is 2.19. The van der Waals surface area contributed by atoms with Crippen LogP contribution in [0.3, 0.4) is 0 Å². The monoisotopic (exact) mass is 263 g/mol. The Morgan fingerprint density at radius 2 is 1.81 bits per heavy atom. The smallest absolute Gasteiger partial charge is 0.300 e. The highest BCUT2D eigenvalue weighted by Crippen LogP contribution is 2.03. The number of thiol groups is 1. The number of hydrogen-bond donors (Lipinski definition) is 5. The third kappa shape index (κ3) is 22.9. The molecule has 0 saturated heterocycles. The number of nitrogens with one attached hydrogen (secondary N) is 2. The maximum atomic E-state index is 9.00. The number of halogens is 1. The van der Waals surface area contributed by atoms with Crippen molar-refractivity contribution in [3.05, 3.63) is 35.4 Å². The van der Waals surface area contributed by atoms with Crippen LogP contribution in [0.25, 0.3) is 0 Å². The summed E-state index contributed by atoms with van der Waals surface area (Å²) in [6, 6.07) is 9.44. The first-order valence-corrected chi connectivity index (χ1v) is 4.86. The SMILES string of the molecule is CC(=O)O.Clc1ccccc1.N=C(N)NS. The standard InChI is InChI=1S/C6H5Cl.C2H4O2.CH5N3S/c7-6-4-2-1-3-5-6;1-2(3)4;2-1(3)4-5/h1-5H;1H3,(H,3,4);5H,(H4,2,3,4). The summed E-state index contributed by atoms with van der Waals surface area (Å²) < 4.78 is 2.08. The Bertz CT molecular complexity index is 305. The highest BCUT2D eigenvalue weighted by atomic mass is 35.5. The van der Waals surface area contributed by atoms with Gasteiger partial charge in [-0.1, -0.05) is 42.6 Å². The number of guanidine groups is 1. The Balaban J connectivity index is 0. The molecule has 5 N–H and O–H groups in total. The zero-order valence-corrected chi connectivity index (χ0v) is 10.3. The van der Waals surface area contributed by atoms with Crippen LogP contribution in [-0.2, 0) is 4.79 Å². The predicted molar refractivity (Wildman–Crippen MR) is 68.8 cm³/mol. The molecule has 7 heteroatoms. The maximum Gasteiger partial charge on any atom is 0.300 e. The summed E-state index contributed by atoms with van der Waals surface area (Å²) in [6.45, 7) is 1.08. The van der Waals surface area contributed by atoms with Gasteiger partial charge in [-0.3, -0.25) is 10.2 Å². The molecule has 0 atom stereocenters. The van der Waals surface area contributed by atoms with Crippen molar-refractivity contribution >= 4 is 36.3 Å². The molecule has 16 heavy (non-hydrogen) atoms. The van der Waals surface area contributed by atoms with Crippen molar-refractivity contribution in [1.29, 1.82) is 5.41 Å². The lowest BCUT2D eigenvalue weighted by molar-refractivity contribution is -0.134. The number of carboxylic acid groups (broad SMARTS) is 1. The zero-order valence-electron chi connectivity index (χ0n) is 8.64. The number of carboxylic acids is 1. The second kappa shape index (κ2) is 11.7. The van der Waals surface area contributed by atoms with Crippen LogP contribution in [0.2, 0.25) is 5.02 Å². The number of benzene rings is 1. The van der Waals surface area contributed by atoms with E-state index in [2.05, 4.69) is 23.3 Å². The van der Waals surface area contributed by atoms with Crippen LogP contribution in [0, 0.1) is 5.41 Å². The second-order valence-electron chi connectivity index (χ2n) is 2.34. The number of carbonyl (C=O) groups is 1. The van der Waals surface area contributed by atoms with Crippen molar-refractivity contribution < 1.29 is 9.90 Å². The molecule has 5 nitrogen and oxygen atoms in total. The van der Waals surface area contributed by atoms with Crippen LogP contribution < -0.4 is 10.5 Å². The fraction of sp³-hybridized carbons (Fsp3) is 0.111. The van der Waals surface area contributed by atoms with Crippen molar-refractivity contribution in [1.82, 2.24) is 4.72 Å². The number of rotatable bonds is 0. The normalized spacial score (nSPS) is 7.44. The summed E-state index contributed by atoms with van der Waals surface area (Å²) in [5.41, 5.74) is 4.69. The van der Waals surface area contributed by atoms with Gasteiger partial charge in [-0.05, 0) is 12.1 Å². The van der Waals surface area contributed by atoms with Crippen molar-refractivity contribution in [2.24, 2.45) is 5.73 Å². The van der Waals surface area contributed by atoms with Gasteiger partial charge in [0.2, 0.25) is 0 Å². The van der Waals surface area contributed by atoms with Gasteiger partial charge in [0.1, 0.15) is 0 Å². The Labute approximate surface area is 105 Å². The summed E-state index contributed by atoms with van der Waals surface area (Å²) >= 11 is 8.96. The van der Waals surface area contributed by atoms with Crippen LogP contribution in [0.1, 0.15) is 6.92 Å². The lowest BCUT2D eigenvalue weighted by atomic mass is 10.4. The van der Waals surface area contributed by atoms with Gasteiger partial charge in [-0.2, -0.15) is 0 Å². The van der Waals surface area contributed by atoms with E-state index >= 15 is 0 Å². The first-order chi connectivity index (χ1) is 7.40. The summed E-state index contributed by atoms with van der Waals surface area (Å²) in [6.07, 6.45) is 0. The minimum atomic E-state index is -0.833. The summed E-state index contributed by atoms with van der Waals surface area (Å²) in [5, 5.41) is 14.5. The highest BCUT2D eigenvalue weighted by Gasteiger charge is 1.75. The third-order valence-corrected chi connectivity index (χ3v) is 1.35. The molecule has 0 radical (unpaired) electrons. The Kier molecular flexibility index (Phi) is 12.4. The lowest BCUT2D eigenvalue weighted by Gasteiger charge is -1.84. The minimum absolute atomic E-state index is 0.131. The molecule has 1 aromatic rings. The van der Waals surface area contributed by atoms with E-state index in [1.807, 2.05) is 30.3 Å². The van der Waals surface area contributed by atoms with Gasteiger partial charge < -0.3 is 15.6 Å². The van der Waals surface area contributed by atoms with Gasteiger partial charge in [0.05, 0.1) is 0 Å². The molecule has 0 amide bonds. The summed E-state index contributed by atoms with van der Waals surface area (Å²) in [7, 11) is 0. The van der Waals surface area contributed by atoms with Crippen molar-refractivity contribution in [2.75, 3.05) is 0 Å².